The van der Waals surface area contributed by atoms with Crippen molar-refractivity contribution in [3.05, 3.63) is 142 Å². The third-order valence-corrected chi connectivity index (χ3v) is 8.47. The molecule has 0 unspecified atom stereocenters. The number of rotatable bonds is 12. The van der Waals surface area contributed by atoms with E-state index in [1.54, 1.807) is 43.3 Å². The molecule has 4 rings (SSSR count). The summed E-state index contributed by atoms with van der Waals surface area (Å²) in [5.74, 6) is 16.4. The number of terminal acetylenes is 1. The number of aliphatic hydroxyl groups excluding tert-OH is 1. The maximum absolute atomic E-state index is 12.5. The lowest BCUT2D eigenvalue weighted by Crippen LogP contribution is -2.54. The van der Waals surface area contributed by atoms with E-state index in [0.717, 1.165) is 11.1 Å². The number of aryl methyl sites for hydroxylation is 1. The Balaban J connectivity index is 0.000000369. The first-order valence-corrected chi connectivity index (χ1v) is 19.9. The van der Waals surface area contributed by atoms with Crippen LogP contribution in [0.1, 0.15) is 88.7 Å². The molecule has 0 aliphatic rings. The largest absolute Gasteiger partial charge is 0.391 e. The number of hydrogen-bond acceptors (Lipinski definition) is 10. The zero-order valence-electron chi connectivity index (χ0n) is 37.0. The van der Waals surface area contributed by atoms with Gasteiger partial charge in [0.25, 0.3) is 23.6 Å². The average molecular weight is 869 g/mol. The Kier molecular flexibility index (Phi) is 22.9. The van der Waals surface area contributed by atoms with Gasteiger partial charge < -0.3 is 31.9 Å². The van der Waals surface area contributed by atoms with Crippen molar-refractivity contribution in [1.82, 2.24) is 21.6 Å². The van der Waals surface area contributed by atoms with Gasteiger partial charge in [-0.1, -0.05) is 59.7 Å². The fourth-order valence-corrected chi connectivity index (χ4v) is 5.45. The SMILES string of the molecule is C#CC#Cc1ccc(C(=O)N[C@H](C(=O)NOC)[C@@H](C)OC(C)(C)C)cc1.C[C@@H](O)[C@H](NC(=O)c1ccc(C#CC#Cc2cccc(CN)c2)cc1)C(=O)NO.Cc1cccc(CN)c1. The number of hydroxylamine groups is 2. The summed E-state index contributed by atoms with van der Waals surface area (Å²) in [5.41, 5.74) is 20.5. The number of carbonyl (C=O) groups excluding carboxylic acids is 4. The lowest BCUT2D eigenvalue weighted by atomic mass is 10.1. The van der Waals surface area contributed by atoms with Crippen LogP contribution in [0.2, 0.25) is 0 Å². The van der Waals surface area contributed by atoms with Crippen LogP contribution in [-0.2, 0) is 32.3 Å². The molecule has 0 saturated carbocycles. The Morgan fingerprint density at radius 2 is 1.19 bits per heavy atom. The zero-order chi connectivity index (χ0) is 47.7. The Morgan fingerprint density at radius 1 is 0.703 bits per heavy atom. The van der Waals surface area contributed by atoms with Crippen molar-refractivity contribution in [2.24, 2.45) is 11.5 Å². The highest BCUT2D eigenvalue weighted by Gasteiger charge is 2.31. The summed E-state index contributed by atoms with van der Waals surface area (Å²) in [7, 11) is 1.32. The van der Waals surface area contributed by atoms with Crippen LogP contribution >= 0.6 is 0 Å². The van der Waals surface area contributed by atoms with E-state index in [-0.39, 0.29) is 5.56 Å². The third kappa shape index (κ3) is 19.6. The highest BCUT2D eigenvalue weighted by Crippen LogP contribution is 2.14. The molecule has 0 radical (unpaired) electrons. The Hall–Kier alpha value is -7.24. The van der Waals surface area contributed by atoms with Gasteiger partial charge in [-0.15, -0.1) is 6.42 Å². The van der Waals surface area contributed by atoms with Gasteiger partial charge >= 0.3 is 0 Å². The highest BCUT2D eigenvalue weighted by atomic mass is 16.6. The van der Waals surface area contributed by atoms with Crippen LogP contribution in [0.25, 0.3) is 0 Å². The van der Waals surface area contributed by atoms with Crippen LogP contribution in [0.15, 0.2) is 97.1 Å². The first-order valence-electron chi connectivity index (χ1n) is 19.9. The molecule has 4 aromatic rings. The molecule has 0 saturated heterocycles. The van der Waals surface area contributed by atoms with Crippen LogP contribution < -0.4 is 33.1 Å². The van der Waals surface area contributed by atoms with Crippen LogP contribution in [0.3, 0.4) is 0 Å². The van der Waals surface area contributed by atoms with Gasteiger partial charge in [-0.25, -0.2) is 11.0 Å². The van der Waals surface area contributed by atoms with E-state index in [2.05, 4.69) is 81.5 Å². The molecule has 4 aromatic carbocycles. The number of nitrogens with one attached hydrogen (secondary N) is 4. The summed E-state index contributed by atoms with van der Waals surface area (Å²) < 4.78 is 5.80. The number of nitrogens with two attached hydrogens (primary N) is 2. The fraction of sp³-hybridized carbons (Fsp3) is 0.280. The molecule has 0 spiro atoms. The molecule has 10 N–H and O–H groups in total. The van der Waals surface area contributed by atoms with E-state index in [9.17, 15) is 24.3 Å². The van der Waals surface area contributed by atoms with Crippen molar-refractivity contribution in [1.29, 1.82) is 0 Å². The second kappa shape index (κ2) is 27.7. The number of amides is 4. The lowest BCUT2D eigenvalue weighted by molar-refractivity contribution is -0.140. The quantitative estimate of drug-likeness (QED) is 0.0586. The minimum absolute atomic E-state index is 0.275. The van der Waals surface area contributed by atoms with Crippen LogP contribution in [-0.4, -0.2) is 70.9 Å². The fourth-order valence-electron chi connectivity index (χ4n) is 5.45. The number of benzene rings is 4. The molecule has 0 aromatic heterocycles. The van der Waals surface area contributed by atoms with E-state index in [4.69, 9.17) is 27.8 Å². The molecule has 0 aliphatic heterocycles. The summed E-state index contributed by atoms with van der Waals surface area (Å²) in [5, 5.41) is 23.3. The van der Waals surface area contributed by atoms with Crippen LogP contribution in [0.4, 0.5) is 0 Å². The summed E-state index contributed by atoms with van der Waals surface area (Å²) in [6, 6.07) is 26.5. The van der Waals surface area contributed by atoms with Crippen LogP contribution in [0.5, 0.6) is 0 Å². The van der Waals surface area contributed by atoms with Gasteiger partial charge in [0, 0.05) is 40.9 Å². The zero-order valence-corrected chi connectivity index (χ0v) is 37.0. The van der Waals surface area contributed by atoms with Gasteiger partial charge in [0.1, 0.15) is 12.1 Å². The van der Waals surface area contributed by atoms with Crippen molar-refractivity contribution in [3.63, 3.8) is 0 Å². The first-order chi connectivity index (χ1) is 30.4. The highest BCUT2D eigenvalue weighted by molar-refractivity contribution is 5.98. The van der Waals surface area contributed by atoms with Crippen LogP contribution in [0, 0.1) is 54.8 Å². The predicted molar refractivity (Wildman–Crippen MR) is 245 cm³/mol. The second-order valence-corrected chi connectivity index (χ2v) is 14.9. The predicted octanol–water partition coefficient (Wildman–Crippen LogP) is 3.64. The minimum Gasteiger partial charge on any atom is -0.391 e. The number of carbonyl (C=O) groups is 4. The molecule has 64 heavy (non-hydrogen) atoms. The molecule has 0 bridgehead atoms. The summed E-state index contributed by atoms with van der Waals surface area (Å²) in [4.78, 5) is 53.1. The molecular formula is C50H56N6O8. The molecule has 334 valence electrons. The Morgan fingerprint density at radius 3 is 1.62 bits per heavy atom. The Labute approximate surface area is 375 Å². The third-order valence-electron chi connectivity index (χ3n) is 8.47. The van der Waals surface area contributed by atoms with E-state index in [0.29, 0.717) is 29.8 Å². The summed E-state index contributed by atoms with van der Waals surface area (Å²) in [6.07, 6.45) is 3.33. The molecule has 14 nitrogen and oxygen atoms in total. The van der Waals surface area contributed by atoms with Gasteiger partial charge in [-0.05, 0) is 137 Å². The molecule has 4 atom stereocenters. The van der Waals surface area contributed by atoms with E-state index in [1.165, 1.54) is 42.8 Å². The molecular weight excluding hydrogens is 813 g/mol. The van der Waals surface area contributed by atoms with Gasteiger partial charge in [0.15, 0.2) is 0 Å². The molecule has 0 aliphatic carbocycles. The lowest BCUT2D eigenvalue weighted by Gasteiger charge is -2.30. The van der Waals surface area contributed by atoms with Crippen molar-refractivity contribution in [2.75, 3.05) is 7.11 Å². The van der Waals surface area contributed by atoms with E-state index >= 15 is 0 Å². The molecule has 14 heteroatoms. The van der Waals surface area contributed by atoms with Crippen molar-refractivity contribution in [2.45, 2.75) is 84.5 Å². The normalized spacial score (nSPS) is 11.8. The van der Waals surface area contributed by atoms with Gasteiger partial charge in [0.2, 0.25) is 0 Å². The van der Waals surface area contributed by atoms with E-state index < -0.39 is 53.5 Å². The first kappa shape index (κ1) is 52.9. The van der Waals surface area contributed by atoms with Gasteiger partial charge in [0.05, 0.1) is 24.9 Å². The van der Waals surface area contributed by atoms with Gasteiger partial charge in [-0.3, -0.25) is 29.2 Å². The van der Waals surface area contributed by atoms with Gasteiger partial charge in [-0.2, -0.15) is 0 Å². The number of ether oxygens (including phenoxy) is 1. The molecule has 0 heterocycles. The monoisotopic (exact) mass is 868 g/mol. The maximum atomic E-state index is 12.5. The van der Waals surface area contributed by atoms with Crippen molar-refractivity contribution < 1.29 is 39.1 Å². The topological polar surface area (TPSA) is 227 Å². The Bertz CT molecular complexity index is 2400. The summed E-state index contributed by atoms with van der Waals surface area (Å²) in [6.45, 7) is 11.8. The average Bonchev–Trinajstić information content (AvgIpc) is 3.27. The number of aliphatic hydroxyl groups is 1. The molecule has 0 fully saturated rings. The standard InChI is InChI=1S/C22H21N3O4.C20H24N2O4.C8H11N/c1-15(26)20(22(28)25-29)24-21(27)19-11-9-16(10-12-19)5-2-3-6-17-7-4-8-18(13-17)14-23;1-7-8-9-15-10-12-16(13-11-15)18(23)21-17(19(24)22-25-6)14(2)26-20(3,4)5;1-7-3-2-4-8(5-7)6-9/h4,7-13,15,20,26,29H,14,23H2,1H3,(H,24,27)(H,25,28);1,10-14,17H,2-6H3,(H,21,23)(H,22,24);2-5H,6,9H2,1H3/t15-,20+;14-,17+;/m11./s1. The molecule has 4 amide bonds. The minimum atomic E-state index is -1.28. The van der Waals surface area contributed by atoms with Crippen molar-refractivity contribution >= 4 is 23.6 Å². The maximum Gasteiger partial charge on any atom is 0.268 e. The summed E-state index contributed by atoms with van der Waals surface area (Å²) >= 11 is 0. The number of hydrogen-bond donors (Lipinski definition) is 8. The van der Waals surface area contributed by atoms with Crippen molar-refractivity contribution in [3.8, 4) is 47.9 Å². The van der Waals surface area contributed by atoms with E-state index in [1.807, 2.05) is 57.2 Å². The smallest absolute Gasteiger partial charge is 0.268 e. The second-order valence-electron chi connectivity index (χ2n) is 14.9.